The Bertz CT molecular complexity index is 491. The molecule has 1 aliphatic carbocycles. The molecule has 2 aliphatic rings. The Morgan fingerprint density at radius 1 is 1.24 bits per heavy atom. The minimum atomic E-state index is -1.45. The van der Waals surface area contributed by atoms with Crippen LogP contribution in [0.2, 0.25) is 5.82 Å². The minimum absolute atomic E-state index is 0.00393. The first-order chi connectivity index (χ1) is 10.00. The van der Waals surface area contributed by atoms with Crippen molar-refractivity contribution < 1.29 is 17.9 Å². The summed E-state index contributed by atoms with van der Waals surface area (Å²) in [6, 6.07) is 1.92. The summed E-state index contributed by atoms with van der Waals surface area (Å²) in [7, 11) is 5.83. The van der Waals surface area contributed by atoms with Gasteiger partial charge in [0.2, 0.25) is 0 Å². The van der Waals surface area contributed by atoms with E-state index in [4.69, 9.17) is 12.6 Å². The Morgan fingerprint density at radius 2 is 1.81 bits per heavy atom. The molecule has 0 bridgehead atoms. The van der Waals surface area contributed by atoms with Crippen molar-refractivity contribution in [2.45, 2.75) is 50.8 Å². The summed E-state index contributed by atoms with van der Waals surface area (Å²) in [5, 5.41) is 3.32. The van der Waals surface area contributed by atoms with E-state index in [1.165, 1.54) is 0 Å². The molecule has 1 heterocycles. The van der Waals surface area contributed by atoms with Gasteiger partial charge >= 0.3 is 0 Å². The van der Waals surface area contributed by atoms with Gasteiger partial charge in [-0.1, -0.05) is 19.7 Å². The number of hydrogen-bond donors (Lipinski definition) is 1. The van der Waals surface area contributed by atoms with Crippen LogP contribution in [0.5, 0.6) is 0 Å². The van der Waals surface area contributed by atoms with Crippen LogP contribution in [0, 0.1) is 17.5 Å². The van der Waals surface area contributed by atoms with E-state index in [0.29, 0.717) is 6.54 Å². The molecule has 1 aromatic carbocycles. The highest BCUT2D eigenvalue weighted by atomic mass is 19.2. The molecule has 3 rings (SSSR count). The second-order valence-electron chi connectivity index (χ2n) is 5.36. The average molecular weight is 297 g/mol. The number of halogens is 3. The minimum Gasteiger partial charge on any atom is -0.372 e. The van der Waals surface area contributed by atoms with Crippen LogP contribution in [0.4, 0.5) is 13.2 Å². The van der Waals surface area contributed by atoms with Crippen LogP contribution in [-0.4, -0.2) is 26.0 Å². The zero-order valence-corrected chi connectivity index (χ0v) is 12.3. The van der Waals surface area contributed by atoms with Gasteiger partial charge in [0.15, 0.2) is 17.5 Å². The molecule has 1 spiro atoms. The molecule has 1 saturated heterocycles. The third-order valence-electron chi connectivity index (χ3n) is 3.94. The van der Waals surface area contributed by atoms with Gasteiger partial charge in [-0.05, 0) is 30.5 Å². The Hall–Kier alpha value is -1.01. The molecule has 0 aromatic heterocycles. The first-order valence-electron chi connectivity index (χ1n) is 7.26. The van der Waals surface area contributed by atoms with Crippen molar-refractivity contribution in [2.24, 2.45) is 0 Å². The molecule has 2 fully saturated rings. The molecule has 21 heavy (non-hydrogen) atoms. The average Bonchev–Trinajstić information content (AvgIpc) is 2.91. The fourth-order valence-electron chi connectivity index (χ4n) is 2.66. The van der Waals surface area contributed by atoms with E-state index >= 15 is 0 Å². The molecule has 3 unspecified atom stereocenters. The second-order valence-corrected chi connectivity index (χ2v) is 5.36. The van der Waals surface area contributed by atoms with E-state index in [2.05, 4.69) is 5.32 Å². The monoisotopic (exact) mass is 297 g/mol. The molecule has 2 nitrogen and oxygen atoms in total. The second kappa shape index (κ2) is 6.40. The fraction of sp³-hybridized carbons (Fsp3) is 0.600. The van der Waals surface area contributed by atoms with Crippen LogP contribution in [0.3, 0.4) is 0 Å². The lowest BCUT2D eigenvalue weighted by atomic mass is 9.96. The number of benzene rings is 1. The lowest BCUT2D eigenvalue weighted by Crippen LogP contribution is -2.24. The summed E-state index contributed by atoms with van der Waals surface area (Å²) in [6.07, 6.45) is 1.72. The fourth-order valence-corrected chi connectivity index (χ4v) is 2.66. The number of hydrogen-bond acceptors (Lipinski definition) is 2. The Balaban J connectivity index is 0.000000774. The van der Waals surface area contributed by atoms with Crippen molar-refractivity contribution in [3.63, 3.8) is 0 Å². The van der Waals surface area contributed by atoms with Gasteiger partial charge in [-0.3, -0.25) is 0 Å². The molecule has 1 N–H and O–H groups in total. The SMILES string of the molecule is CC.[B]C1CC12CC(OCc1cc(F)c(F)c(F)c1)CN2. The molecular formula is C15H19BF3NO. The molecule has 6 heteroatoms. The number of rotatable bonds is 3. The van der Waals surface area contributed by atoms with Crippen molar-refractivity contribution >= 4 is 7.85 Å². The van der Waals surface area contributed by atoms with E-state index in [9.17, 15) is 13.2 Å². The van der Waals surface area contributed by atoms with E-state index in [-0.39, 0.29) is 29.6 Å². The highest BCUT2D eigenvalue weighted by Crippen LogP contribution is 2.52. The first kappa shape index (κ1) is 16.4. The zero-order valence-electron chi connectivity index (χ0n) is 12.3. The van der Waals surface area contributed by atoms with Gasteiger partial charge in [0.05, 0.1) is 20.6 Å². The van der Waals surface area contributed by atoms with E-state index in [1.54, 1.807) is 0 Å². The lowest BCUT2D eigenvalue weighted by molar-refractivity contribution is 0.0517. The van der Waals surface area contributed by atoms with Gasteiger partial charge in [-0.2, -0.15) is 0 Å². The zero-order chi connectivity index (χ0) is 15.6. The summed E-state index contributed by atoms with van der Waals surface area (Å²) in [5.74, 6) is -3.66. The van der Waals surface area contributed by atoms with Gasteiger partial charge < -0.3 is 10.1 Å². The Labute approximate surface area is 124 Å². The highest BCUT2D eigenvalue weighted by molar-refractivity contribution is 6.15. The maximum atomic E-state index is 13.0. The summed E-state index contributed by atoms with van der Waals surface area (Å²) in [5.41, 5.74) is 0.293. The van der Waals surface area contributed by atoms with Crippen LogP contribution in [-0.2, 0) is 11.3 Å². The summed E-state index contributed by atoms with van der Waals surface area (Å²) >= 11 is 0. The molecule has 0 amide bonds. The van der Waals surface area contributed by atoms with Crippen molar-refractivity contribution in [3.8, 4) is 0 Å². The third kappa shape index (κ3) is 3.43. The third-order valence-corrected chi connectivity index (χ3v) is 3.94. The van der Waals surface area contributed by atoms with Crippen molar-refractivity contribution in [3.05, 3.63) is 35.1 Å². The maximum Gasteiger partial charge on any atom is 0.194 e. The normalized spacial score (nSPS) is 30.1. The standard InChI is InChI=1S/C13H13BF3NO.C2H6/c14-11-4-13(11)3-8(5-18-13)19-6-7-1-9(15)12(17)10(16)2-7;1-2/h1-2,8,11,18H,3-6H2;1-2H3. The Morgan fingerprint density at radius 3 is 2.29 bits per heavy atom. The molecule has 1 aliphatic heterocycles. The summed E-state index contributed by atoms with van der Waals surface area (Å²) in [4.78, 5) is 0. The van der Waals surface area contributed by atoms with Gasteiger partial charge in [0.25, 0.3) is 0 Å². The molecule has 1 saturated carbocycles. The first-order valence-corrected chi connectivity index (χ1v) is 7.26. The van der Waals surface area contributed by atoms with Gasteiger partial charge in [-0.15, -0.1) is 0 Å². The summed E-state index contributed by atoms with van der Waals surface area (Å²) < 4.78 is 44.4. The van der Waals surface area contributed by atoms with E-state index in [1.807, 2.05) is 13.8 Å². The number of ether oxygens (including phenoxy) is 1. The lowest BCUT2D eigenvalue weighted by Gasteiger charge is -2.12. The molecule has 2 radical (unpaired) electrons. The van der Waals surface area contributed by atoms with Crippen LogP contribution in [0.25, 0.3) is 0 Å². The maximum absolute atomic E-state index is 13.0. The van der Waals surface area contributed by atoms with Crippen molar-refractivity contribution in [2.75, 3.05) is 6.54 Å². The molecular weight excluding hydrogens is 278 g/mol. The predicted molar refractivity (Wildman–Crippen MR) is 75.7 cm³/mol. The smallest absolute Gasteiger partial charge is 0.194 e. The predicted octanol–water partition coefficient (Wildman–Crippen LogP) is 3.11. The quantitative estimate of drug-likeness (QED) is 0.684. The van der Waals surface area contributed by atoms with Gasteiger partial charge in [0.1, 0.15) is 0 Å². The van der Waals surface area contributed by atoms with Crippen molar-refractivity contribution in [1.82, 2.24) is 5.32 Å². The Kier molecular flexibility index (Phi) is 4.99. The number of nitrogens with one attached hydrogen (secondary N) is 1. The van der Waals surface area contributed by atoms with Crippen LogP contribution in [0.15, 0.2) is 12.1 Å². The molecule has 1 aromatic rings. The molecule has 114 valence electrons. The van der Waals surface area contributed by atoms with Crippen LogP contribution >= 0.6 is 0 Å². The van der Waals surface area contributed by atoms with E-state index < -0.39 is 17.5 Å². The van der Waals surface area contributed by atoms with Crippen LogP contribution in [0.1, 0.15) is 32.3 Å². The van der Waals surface area contributed by atoms with E-state index in [0.717, 1.165) is 25.0 Å². The van der Waals surface area contributed by atoms with Gasteiger partial charge in [-0.25, -0.2) is 13.2 Å². The van der Waals surface area contributed by atoms with Gasteiger partial charge in [0, 0.05) is 12.1 Å². The molecule has 3 atom stereocenters. The topological polar surface area (TPSA) is 21.3 Å². The van der Waals surface area contributed by atoms with Crippen molar-refractivity contribution in [1.29, 1.82) is 0 Å². The largest absolute Gasteiger partial charge is 0.372 e. The van der Waals surface area contributed by atoms with Crippen LogP contribution < -0.4 is 5.32 Å². The highest BCUT2D eigenvalue weighted by Gasteiger charge is 2.54. The summed E-state index contributed by atoms with van der Waals surface area (Å²) in [6.45, 7) is 4.74.